The third-order valence-corrected chi connectivity index (χ3v) is 1.96. The number of nitrogens with zero attached hydrogens (tertiary/aromatic N) is 1. The van der Waals surface area contributed by atoms with Gasteiger partial charge in [0.1, 0.15) is 0 Å². The zero-order chi connectivity index (χ0) is 10.4. The predicted octanol–water partition coefficient (Wildman–Crippen LogP) is 1.88. The lowest BCUT2D eigenvalue weighted by Gasteiger charge is -2.01. The van der Waals surface area contributed by atoms with E-state index in [1.54, 1.807) is 13.2 Å². The Bertz CT molecular complexity index is 315. The van der Waals surface area contributed by atoms with Crippen molar-refractivity contribution in [2.45, 2.75) is 13.3 Å². The van der Waals surface area contributed by atoms with Gasteiger partial charge in [-0.25, -0.2) is 4.98 Å². The van der Waals surface area contributed by atoms with E-state index in [0.29, 0.717) is 5.88 Å². The minimum atomic E-state index is 0.0788. The van der Waals surface area contributed by atoms with Crippen molar-refractivity contribution in [3.63, 3.8) is 0 Å². The van der Waals surface area contributed by atoms with Crippen LogP contribution in [0.2, 0.25) is 0 Å². The number of hydrogen-bond donors (Lipinski definition) is 1. The highest BCUT2D eigenvalue weighted by Gasteiger charge is 1.96. The molecular formula is C11H15NO2. The lowest BCUT2D eigenvalue weighted by molar-refractivity contribution is 0.329. The summed E-state index contributed by atoms with van der Waals surface area (Å²) >= 11 is 0. The largest absolute Gasteiger partial charge is 0.481 e. The van der Waals surface area contributed by atoms with Gasteiger partial charge in [0.25, 0.3) is 0 Å². The second-order valence-electron chi connectivity index (χ2n) is 2.92. The average Bonchev–Trinajstić information content (AvgIpc) is 2.26. The first-order valence-corrected chi connectivity index (χ1v) is 4.61. The first-order valence-electron chi connectivity index (χ1n) is 4.61. The second kappa shape index (κ2) is 5.40. The van der Waals surface area contributed by atoms with Crippen molar-refractivity contribution in [1.82, 2.24) is 4.98 Å². The van der Waals surface area contributed by atoms with Crippen molar-refractivity contribution in [1.29, 1.82) is 0 Å². The van der Waals surface area contributed by atoms with Crippen LogP contribution in [0.4, 0.5) is 0 Å². The molecule has 0 aliphatic rings. The van der Waals surface area contributed by atoms with Gasteiger partial charge in [-0.2, -0.15) is 0 Å². The van der Waals surface area contributed by atoms with Crippen LogP contribution in [0.3, 0.4) is 0 Å². The highest BCUT2D eigenvalue weighted by Crippen LogP contribution is 2.11. The summed E-state index contributed by atoms with van der Waals surface area (Å²) in [7, 11) is 1.59. The zero-order valence-corrected chi connectivity index (χ0v) is 8.53. The van der Waals surface area contributed by atoms with Crippen LogP contribution in [0, 0.1) is 0 Å². The molecule has 0 spiro atoms. The highest BCUT2D eigenvalue weighted by atomic mass is 16.5. The summed E-state index contributed by atoms with van der Waals surface area (Å²) < 4.78 is 5.00. The minimum Gasteiger partial charge on any atom is -0.481 e. The summed E-state index contributed by atoms with van der Waals surface area (Å²) in [5.74, 6) is 0.590. The monoisotopic (exact) mass is 193 g/mol. The number of aliphatic hydroxyl groups is 1. The molecule has 1 aromatic rings. The van der Waals surface area contributed by atoms with Crippen molar-refractivity contribution < 1.29 is 9.84 Å². The van der Waals surface area contributed by atoms with Crippen LogP contribution >= 0.6 is 0 Å². The maximum atomic E-state index is 8.99. The molecule has 0 unspecified atom stereocenters. The number of rotatable bonds is 4. The van der Waals surface area contributed by atoms with Gasteiger partial charge < -0.3 is 9.84 Å². The summed E-state index contributed by atoms with van der Waals surface area (Å²) in [5.41, 5.74) is 1.78. The van der Waals surface area contributed by atoms with Crippen LogP contribution in [0.25, 0.3) is 6.08 Å². The van der Waals surface area contributed by atoms with E-state index in [9.17, 15) is 0 Å². The molecule has 1 rings (SSSR count). The topological polar surface area (TPSA) is 42.4 Å². The zero-order valence-electron chi connectivity index (χ0n) is 8.53. The molecule has 14 heavy (non-hydrogen) atoms. The van der Waals surface area contributed by atoms with Crippen LogP contribution in [0.1, 0.15) is 19.0 Å². The Morgan fingerprint density at radius 3 is 2.93 bits per heavy atom. The van der Waals surface area contributed by atoms with E-state index in [0.717, 1.165) is 17.7 Å². The Kier molecular flexibility index (Phi) is 4.13. The Morgan fingerprint density at radius 2 is 2.36 bits per heavy atom. The third kappa shape index (κ3) is 2.85. The van der Waals surface area contributed by atoms with Gasteiger partial charge in [0.2, 0.25) is 5.88 Å². The molecular weight excluding hydrogens is 178 g/mol. The number of aromatic nitrogens is 1. The average molecular weight is 193 g/mol. The Balaban J connectivity index is 2.90. The SMILES string of the molecule is CC/C(=C/c1cccc(OC)n1)CO. The number of pyridine rings is 1. The van der Waals surface area contributed by atoms with Gasteiger partial charge in [-0.15, -0.1) is 0 Å². The van der Waals surface area contributed by atoms with Gasteiger partial charge >= 0.3 is 0 Å². The lowest BCUT2D eigenvalue weighted by Crippen LogP contribution is -1.92. The number of aliphatic hydroxyl groups excluding tert-OH is 1. The Morgan fingerprint density at radius 1 is 1.57 bits per heavy atom. The first kappa shape index (κ1) is 10.7. The Hall–Kier alpha value is -1.35. The minimum absolute atomic E-state index is 0.0788. The second-order valence-corrected chi connectivity index (χ2v) is 2.92. The quantitative estimate of drug-likeness (QED) is 0.793. The molecule has 0 aliphatic heterocycles. The first-order chi connectivity index (χ1) is 6.80. The van der Waals surface area contributed by atoms with Gasteiger partial charge in [0, 0.05) is 6.07 Å². The van der Waals surface area contributed by atoms with E-state index in [1.165, 1.54) is 0 Å². The normalized spacial score (nSPS) is 11.5. The molecule has 3 heteroatoms. The van der Waals surface area contributed by atoms with Crippen molar-refractivity contribution >= 4 is 6.08 Å². The van der Waals surface area contributed by atoms with Crippen molar-refractivity contribution in [3.8, 4) is 5.88 Å². The molecule has 0 saturated carbocycles. The van der Waals surface area contributed by atoms with Gasteiger partial charge in [-0.3, -0.25) is 0 Å². The Labute approximate surface area is 84.1 Å². The van der Waals surface area contributed by atoms with Crippen LogP contribution < -0.4 is 4.74 Å². The summed E-state index contributed by atoms with van der Waals surface area (Å²) in [4.78, 5) is 4.22. The number of methoxy groups -OCH3 is 1. The molecule has 0 amide bonds. The number of ether oxygens (including phenoxy) is 1. The van der Waals surface area contributed by atoms with Gasteiger partial charge in [0.05, 0.1) is 19.4 Å². The molecule has 0 aliphatic carbocycles. The van der Waals surface area contributed by atoms with Crippen molar-refractivity contribution in [2.24, 2.45) is 0 Å². The number of hydrogen-bond acceptors (Lipinski definition) is 3. The van der Waals surface area contributed by atoms with Crippen molar-refractivity contribution in [2.75, 3.05) is 13.7 Å². The molecule has 0 saturated heterocycles. The van der Waals surface area contributed by atoms with E-state index in [2.05, 4.69) is 4.98 Å². The van der Waals surface area contributed by atoms with Gasteiger partial charge in [-0.1, -0.05) is 13.0 Å². The maximum absolute atomic E-state index is 8.99. The molecule has 0 aromatic carbocycles. The standard InChI is InChI=1S/C11H15NO2/c1-3-9(8-13)7-10-5-4-6-11(12-10)14-2/h4-7,13H,3,8H2,1-2H3/b9-7-. The molecule has 0 radical (unpaired) electrons. The third-order valence-electron chi connectivity index (χ3n) is 1.96. The van der Waals surface area contributed by atoms with Crippen LogP contribution in [0.5, 0.6) is 5.88 Å². The smallest absolute Gasteiger partial charge is 0.213 e. The van der Waals surface area contributed by atoms with E-state index < -0.39 is 0 Å². The van der Waals surface area contributed by atoms with Gasteiger partial charge in [-0.05, 0) is 24.1 Å². The fraction of sp³-hybridized carbons (Fsp3) is 0.364. The molecule has 3 nitrogen and oxygen atoms in total. The van der Waals surface area contributed by atoms with E-state index in [4.69, 9.17) is 9.84 Å². The van der Waals surface area contributed by atoms with Crippen molar-refractivity contribution in [3.05, 3.63) is 29.5 Å². The highest BCUT2D eigenvalue weighted by molar-refractivity contribution is 5.49. The molecule has 0 atom stereocenters. The van der Waals surface area contributed by atoms with Crippen LogP contribution in [-0.2, 0) is 0 Å². The summed E-state index contributed by atoms with van der Waals surface area (Å²) in [5, 5.41) is 8.99. The van der Waals surface area contributed by atoms with E-state index in [1.807, 2.05) is 25.1 Å². The maximum Gasteiger partial charge on any atom is 0.213 e. The molecule has 1 N–H and O–H groups in total. The molecule has 1 aromatic heterocycles. The summed E-state index contributed by atoms with van der Waals surface area (Å²) in [6, 6.07) is 5.55. The molecule has 76 valence electrons. The van der Waals surface area contributed by atoms with E-state index >= 15 is 0 Å². The fourth-order valence-corrected chi connectivity index (χ4v) is 1.09. The van der Waals surface area contributed by atoms with Crippen LogP contribution in [-0.4, -0.2) is 23.8 Å². The summed E-state index contributed by atoms with van der Waals surface area (Å²) in [6.45, 7) is 2.08. The molecule has 0 bridgehead atoms. The fourth-order valence-electron chi connectivity index (χ4n) is 1.09. The van der Waals surface area contributed by atoms with Gasteiger partial charge in [0.15, 0.2) is 0 Å². The molecule has 1 heterocycles. The van der Waals surface area contributed by atoms with E-state index in [-0.39, 0.29) is 6.61 Å². The van der Waals surface area contributed by atoms with Crippen LogP contribution in [0.15, 0.2) is 23.8 Å². The molecule has 0 fully saturated rings. The lowest BCUT2D eigenvalue weighted by atomic mass is 10.2. The summed E-state index contributed by atoms with van der Waals surface area (Å²) in [6.07, 6.45) is 2.71. The predicted molar refractivity (Wildman–Crippen MR) is 56.1 cm³/mol.